The van der Waals surface area contributed by atoms with Gasteiger partial charge < -0.3 is 14.8 Å². The Bertz CT molecular complexity index is 1210. The van der Waals surface area contributed by atoms with E-state index in [1.807, 2.05) is 0 Å². The highest BCUT2D eigenvalue weighted by atomic mass is 16.5. The number of anilines is 1. The van der Waals surface area contributed by atoms with Gasteiger partial charge >= 0.3 is 5.97 Å². The molecule has 0 aliphatic carbocycles. The number of carbonyl (C=O) groups excluding carboxylic acids is 4. The molecule has 0 spiro atoms. The van der Waals surface area contributed by atoms with Crippen molar-refractivity contribution in [3.8, 4) is 5.75 Å². The normalized spacial score (nSPS) is 13.9. The molecule has 4 rings (SSSR count). The van der Waals surface area contributed by atoms with Crippen molar-refractivity contribution in [2.45, 2.75) is 25.5 Å². The fourth-order valence-corrected chi connectivity index (χ4v) is 3.69. The molecule has 1 atom stereocenters. The van der Waals surface area contributed by atoms with Gasteiger partial charge in [-0.3, -0.25) is 19.3 Å². The molecular weight excluding hydrogens is 448 g/mol. The van der Waals surface area contributed by atoms with Crippen molar-refractivity contribution in [3.63, 3.8) is 0 Å². The summed E-state index contributed by atoms with van der Waals surface area (Å²) in [7, 11) is 1.55. The van der Waals surface area contributed by atoms with Crippen LogP contribution in [0, 0.1) is 0 Å². The van der Waals surface area contributed by atoms with E-state index < -0.39 is 18.0 Å². The maximum Gasteiger partial charge on any atom is 0.339 e. The van der Waals surface area contributed by atoms with Crippen molar-refractivity contribution in [1.29, 1.82) is 0 Å². The molecule has 8 nitrogen and oxygen atoms in total. The molecule has 3 aromatic carbocycles. The minimum Gasteiger partial charge on any atom is -0.497 e. The largest absolute Gasteiger partial charge is 0.497 e. The van der Waals surface area contributed by atoms with E-state index in [1.165, 1.54) is 4.90 Å². The Labute approximate surface area is 202 Å². The monoisotopic (exact) mass is 472 g/mol. The average molecular weight is 472 g/mol. The molecule has 1 saturated heterocycles. The van der Waals surface area contributed by atoms with Gasteiger partial charge in [0.1, 0.15) is 5.75 Å². The molecule has 0 bridgehead atoms. The summed E-state index contributed by atoms with van der Waals surface area (Å²) < 4.78 is 10.7. The number of rotatable bonds is 8. The van der Waals surface area contributed by atoms with E-state index in [2.05, 4.69) is 5.32 Å². The smallest absolute Gasteiger partial charge is 0.339 e. The Morgan fingerprint density at radius 3 is 2.11 bits per heavy atom. The molecule has 1 aliphatic rings. The molecule has 1 heterocycles. The Morgan fingerprint density at radius 2 is 1.51 bits per heavy atom. The van der Waals surface area contributed by atoms with E-state index in [-0.39, 0.29) is 36.8 Å². The molecule has 178 valence electrons. The lowest BCUT2D eigenvalue weighted by molar-refractivity contribution is -0.139. The summed E-state index contributed by atoms with van der Waals surface area (Å²) in [5, 5.41) is 2.77. The van der Waals surface area contributed by atoms with Crippen molar-refractivity contribution in [2.75, 3.05) is 12.4 Å². The van der Waals surface area contributed by atoms with Gasteiger partial charge in [0, 0.05) is 24.1 Å². The Hall–Kier alpha value is -4.46. The summed E-state index contributed by atoms with van der Waals surface area (Å²) in [6.45, 7) is 0.157. The number of imide groups is 1. The number of nitrogens with zero attached hydrogens (tertiary/aromatic N) is 1. The minimum absolute atomic E-state index is 0.157. The third kappa shape index (κ3) is 5.73. The average Bonchev–Trinajstić information content (AvgIpc) is 3.20. The first kappa shape index (κ1) is 23.7. The Balaban J connectivity index is 1.47. The molecule has 1 N–H and O–H groups in total. The summed E-state index contributed by atoms with van der Waals surface area (Å²) in [5.74, 6) is -0.934. The van der Waals surface area contributed by atoms with Crippen LogP contribution in [-0.2, 0) is 25.7 Å². The van der Waals surface area contributed by atoms with E-state index in [4.69, 9.17) is 9.47 Å². The van der Waals surface area contributed by atoms with Crippen LogP contribution < -0.4 is 10.1 Å². The quantitative estimate of drug-likeness (QED) is 0.394. The number of likely N-dealkylation sites (tertiary alicyclic amines) is 1. The van der Waals surface area contributed by atoms with Gasteiger partial charge in [-0.15, -0.1) is 0 Å². The van der Waals surface area contributed by atoms with Gasteiger partial charge in [-0.25, -0.2) is 4.79 Å². The highest BCUT2D eigenvalue weighted by molar-refractivity contribution is 6.02. The van der Waals surface area contributed by atoms with Gasteiger partial charge in [-0.1, -0.05) is 42.5 Å². The molecule has 0 radical (unpaired) electrons. The topological polar surface area (TPSA) is 102 Å². The maximum absolute atomic E-state index is 13.1. The SMILES string of the molecule is COc1ccc(NC(=O)C(OC(=O)c2ccc(CN3C(=O)CCC3=O)cc2)c2ccccc2)cc1. The molecule has 8 heteroatoms. The van der Waals surface area contributed by atoms with Gasteiger partial charge in [0.15, 0.2) is 0 Å². The number of ether oxygens (including phenoxy) is 2. The van der Waals surface area contributed by atoms with E-state index in [1.54, 1.807) is 86.0 Å². The molecule has 3 amide bonds. The van der Waals surface area contributed by atoms with Gasteiger partial charge in [0.2, 0.25) is 17.9 Å². The lowest BCUT2D eigenvalue weighted by atomic mass is 10.1. The predicted molar refractivity (Wildman–Crippen MR) is 127 cm³/mol. The van der Waals surface area contributed by atoms with Crippen LogP contribution in [-0.4, -0.2) is 35.7 Å². The molecular formula is C27H24N2O6. The lowest BCUT2D eigenvalue weighted by Crippen LogP contribution is -2.28. The van der Waals surface area contributed by atoms with Crippen LogP contribution in [0.2, 0.25) is 0 Å². The second-order valence-electron chi connectivity index (χ2n) is 7.98. The first-order valence-electron chi connectivity index (χ1n) is 11.1. The molecule has 35 heavy (non-hydrogen) atoms. The number of hydrogen-bond acceptors (Lipinski definition) is 6. The summed E-state index contributed by atoms with van der Waals surface area (Å²) in [5.41, 5.74) is 2.01. The molecule has 1 aliphatic heterocycles. The van der Waals surface area contributed by atoms with Gasteiger partial charge in [0.25, 0.3) is 5.91 Å². The van der Waals surface area contributed by atoms with E-state index >= 15 is 0 Å². The number of hydrogen-bond donors (Lipinski definition) is 1. The zero-order valence-corrected chi connectivity index (χ0v) is 19.1. The van der Waals surface area contributed by atoms with Crippen LogP contribution in [0.4, 0.5) is 5.69 Å². The van der Waals surface area contributed by atoms with Gasteiger partial charge in [-0.2, -0.15) is 0 Å². The van der Waals surface area contributed by atoms with Crippen LogP contribution in [0.1, 0.15) is 40.4 Å². The molecule has 0 aromatic heterocycles. The van der Waals surface area contributed by atoms with Crippen LogP contribution in [0.25, 0.3) is 0 Å². The van der Waals surface area contributed by atoms with E-state index in [9.17, 15) is 19.2 Å². The standard InChI is InChI=1S/C27H24N2O6/c1-34-22-13-11-21(12-14-22)28-26(32)25(19-5-3-2-4-6-19)35-27(33)20-9-7-18(8-10-20)17-29-23(30)15-16-24(29)31/h2-14,25H,15-17H2,1H3,(H,28,32). The van der Waals surface area contributed by atoms with Crippen molar-refractivity contribution in [1.82, 2.24) is 4.90 Å². The fraction of sp³-hybridized carbons (Fsp3) is 0.185. The first-order valence-corrected chi connectivity index (χ1v) is 11.1. The van der Waals surface area contributed by atoms with Crippen molar-refractivity contribution >= 4 is 29.4 Å². The summed E-state index contributed by atoms with van der Waals surface area (Å²) >= 11 is 0. The molecule has 1 unspecified atom stereocenters. The molecule has 1 fully saturated rings. The third-order valence-electron chi connectivity index (χ3n) is 5.61. The number of carbonyl (C=O) groups is 4. The van der Waals surface area contributed by atoms with Crippen molar-refractivity contribution in [2.24, 2.45) is 0 Å². The number of esters is 1. The third-order valence-corrected chi connectivity index (χ3v) is 5.61. The second-order valence-corrected chi connectivity index (χ2v) is 7.98. The summed E-state index contributed by atoms with van der Waals surface area (Å²) in [6, 6.07) is 21.9. The molecule has 3 aromatic rings. The lowest BCUT2D eigenvalue weighted by Gasteiger charge is -2.18. The van der Waals surface area contributed by atoms with E-state index in [0.29, 0.717) is 22.6 Å². The molecule has 0 saturated carbocycles. The van der Waals surface area contributed by atoms with Crippen LogP contribution in [0.15, 0.2) is 78.9 Å². The van der Waals surface area contributed by atoms with Gasteiger partial charge in [-0.05, 0) is 42.0 Å². The zero-order valence-electron chi connectivity index (χ0n) is 19.1. The van der Waals surface area contributed by atoms with Crippen LogP contribution in [0.3, 0.4) is 0 Å². The summed E-state index contributed by atoms with van der Waals surface area (Å²) in [4.78, 5) is 50.8. The zero-order chi connectivity index (χ0) is 24.8. The second kappa shape index (κ2) is 10.6. The van der Waals surface area contributed by atoms with Gasteiger partial charge in [0.05, 0.1) is 19.2 Å². The predicted octanol–water partition coefficient (Wildman–Crippen LogP) is 3.88. The number of nitrogens with one attached hydrogen (secondary N) is 1. The first-order chi connectivity index (χ1) is 16.9. The Kier molecular flexibility index (Phi) is 7.21. The Morgan fingerprint density at radius 1 is 0.886 bits per heavy atom. The fourth-order valence-electron chi connectivity index (χ4n) is 3.69. The number of methoxy groups -OCH3 is 1. The maximum atomic E-state index is 13.1. The highest BCUT2D eigenvalue weighted by Gasteiger charge is 2.29. The van der Waals surface area contributed by atoms with E-state index in [0.717, 1.165) is 0 Å². The minimum atomic E-state index is -1.18. The number of benzene rings is 3. The summed E-state index contributed by atoms with van der Waals surface area (Å²) in [6.07, 6.45) is -0.726. The number of amides is 3. The highest BCUT2D eigenvalue weighted by Crippen LogP contribution is 2.23. The van der Waals surface area contributed by atoms with Crippen molar-refractivity contribution < 1.29 is 28.7 Å². The van der Waals surface area contributed by atoms with Crippen LogP contribution >= 0.6 is 0 Å². The van der Waals surface area contributed by atoms with Crippen LogP contribution in [0.5, 0.6) is 5.75 Å². The van der Waals surface area contributed by atoms with Crippen molar-refractivity contribution in [3.05, 3.63) is 95.6 Å².